The van der Waals surface area contributed by atoms with E-state index >= 15 is 0 Å². The first-order valence-corrected chi connectivity index (χ1v) is 5.02. The first-order chi connectivity index (χ1) is 5.70. The number of hydrogen-bond donors (Lipinski definition) is 0. The van der Waals surface area contributed by atoms with E-state index in [1.54, 1.807) is 0 Å². The summed E-state index contributed by atoms with van der Waals surface area (Å²) in [6, 6.07) is 0. The second-order valence-corrected chi connectivity index (χ2v) is 3.39. The fourth-order valence-electron chi connectivity index (χ4n) is 0.948. The zero-order valence-corrected chi connectivity index (χ0v) is 8.98. The van der Waals surface area contributed by atoms with Gasteiger partial charge in [0.15, 0.2) is 0 Å². The fourth-order valence-corrected chi connectivity index (χ4v) is 0.948. The molecule has 0 N–H and O–H groups in total. The maximum Gasteiger partial charge on any atom is -0.0313 e. The Morgan fingerprint density at radius 2 is 1.17 bits per heavy atom. The van der Waals surface area contributed by atoms with Gasteiger partial charge in [0, 0.05) is 0 Å². The highest BCUT2D eigenvalue weighted by atomic mass is 13.9. The lowest BCUT2D eigenvalue weighted by Gasteiger charge is -1.95. The molecule has 70 valence electrons. The summed E-state index contributed by atoms with van der Waals surface area (Å²) in [4.78, 5) is 0. The summed E-state index contributed by atoms with van der Waals surface area (Å²) in [5.74, 6) is 0. The van der Waals surface area contributed by atoms with E-state index < -0.39 is 0 Å². The van der Waals surface area contributed by atoms with E-state index in [2.05, 4.69) is 39.8 Å². The summed E-state index contributed by atoms with van der Waals surface area (Å²) >= 11 is 0. The van der Waals surface area contributed by atoms with Crippen LogP contribution >= 0.6 is 0 Å². The minimum Gasteiger partial charge on any atom is -0.0853 e. The van der Waals surface area contributed by atoms with Crippen molar-refractivity contribution in [2.24, 2.45) is 0 Å². The number of hydrogen-bond acceptors (Lipinski definition) is 0. The van der Waals surface area contributed by atoms with Crippen LogP contribution in [0, 0.1) is 0 Å². The lowest BCUT2D eigenvalue weighted by molar-refractivity contribution is 0.972. The molecule has 0 atom stereocenters. The van der Waals surface area contributed by atoms with Crippen LogP contribution in [-0.4, -0.2) is 0 Å². The SMILES string of the molecule is CC/C(C)=C/CC/C=C(\C)CC. The van der Waals surface area contributed by atoms with Crippen molar-refractivity contribution in [3.63, 3.8) is 0 Å². The molecule has 0 fully saturated rings. The topological polar surface area (TPSA) is 0 Å². The first kappa shape index (κ1) is 11.5. The quantitative estimate of drug-likeness (QED) is 0.417. The first-order valence-electron chi connectivity index (χ1n) is 5.02. The van der Waals surface area contributed by atoms with Gasteiger partial charge in [-0.1, -0.05) is 37.1 Å². The van der Waals surface area contributed by atoms with Crippen molar-refractivity contribution in [3.8, 4) is 0 Å². The van der Waals surface area contributed by atoms with Gasteiger partial charge in [0.05, 0.1) is 0 Å². The molecule has 0 aromatic carbocycles. The lowest BCUT2D eigenvalue weighted by Crippen LogP contribution is -1.75. The van der Waals surface area contributed by atoms with Crippen molar-refractivity contribution in [2.45, 2.75) is 53.4 Å². The van der Waals surface area contributed by atoms with E-state index in [0.29, 0.717) is 0 Å². The lowest BCUT2D eigenvalue weighted by atomic mass is 10.1. The van der Waals surface area contributed by atoms with Crippen LogP contribution in [0.15, 0.2) is 23.3 Å². The van der Waals surface area contributed by atoms with Crippen LogP contribution in [0.25, 0.3) is 0 Å². The molecule has 12 heavy (non-hydrogen) atoms. The van der Waals surface area contributed by atoms with Gasteiger partial charge in [0.1, 0.15) is 0 Å². The van der Waals surface area contributed by atoms with E-state index in [9.17, 15) is 0 Å². The highest BCUT2D eigenvalue weighted by Gasteiger charge is 1.85. The van der Waals surface area contributed by atoms with Gasteiger partial charge in [-0.2, -0.15) is 0 Å². The van der Waals surface area contributed by atoms with Gasteiger partial charge in [-0.25, -0.2) is 0 Å². The molecule has 0 radical (unpaired) electrons. The molecule has 0 aliphatic carbocycles. The van der Waals surface area contributed by atoms with Crippen molar-refractivity contribution in [3.05, 3.63) is 23.3 Å². The highest BCUT2D eigenvalue weighted by molar-refractivity contribution is 5.01. The fraction of sp³-hybridized carbons (Fsp3) is 0.667. The molecule has 0 bridgehead atoms. The van der Waals surface area contributed by atoms with Crippen LogP contribution in [0.2, 0.25) is 0 Å². The van der Waals surface area contributed by atoms with Crippen molar-refractivity contribution in [1.82, 2.24) is 0 Å². The van der Waals surface area contributed by atoms with Crippen molar-refractivity contribution in [1.29, 1.82) is 0 Å². The van der Waals surface area contributed by atoms with E-state index in [1.807, 2.05) is 0 Å². The Labute approximate surface area is 77.4 Å². The predicted octanol–water partition coefficient (Wildman–Crippen LogP) is 4.48. The normalized spacial score (nSPS) is 13.7. The summed E-state index contributed by atoms with van der Waals surface area (Å²) in [7, 11) is 0. The molecule has 0 nitrogen and oxygen atoms in total. The summed E-state index contributed by atoms with van der Waals surface area (Å²) in [6.07, 6.45) is 9.49. The van der Waals surface area contributed by atoms with Gasteiger partial charge in [0.2, 0.25) is 0 Å². The monoisotopic (exact) mass is 166 g/mol. The van der Waals surface area contributed by atoms with Crippen LogP contribution in [0.3, 0.4) is 0 Å². The minimum absolute atomic E-state index is 1.19. The zero-order valence-electron chi connectivity index (χ0n) is 8.98. The van der Waals surface area contributed by atoms with Gasteiger partial charge < -0.3 is 0 Å². The summed E-state index contributed by atoms with van der Waals surface area (Å²) in [6.45, 7) is 8.82. The molecule has 0 saturated carbocycles. The zero-order chi connectivity index (χ0) is 9.40. The summed E-state index contributed by atoms with van der Waals surface area (Å²) in [5, 5.41) is 0. The molecular weight excluding hydrogens is 144 g/mol. The Morgan fingerprint density at radius 3 is 1.42 bits per heavy atom. The number of unbranched alkanes of at least 4 members (excludes halogenated alkanes) is 1. The molecule has 0 amide bonds. The molecule has 0 saturated heterocycles. The summed E-state index contributed by atoms with van der Waals surface area (Å²) < 4.78 is 0. The molecule has 0 aliphatic heterocycles. The Balaban J connectivity index is 3.57. The largest absolute Gasteiger partial charge is 0.0853 e. The predicted molar refractivity (Wildman–Crippen MR) is 57.3 cm³/mol. The van der Waals surface area contributed by atoms with Gasteiger partial charge in [-0.3, -0.25) is 0 Å². The minimum atomic E-state index is 1.19. The van der Waals surface area contributed by atoms with E-state index in [1.165, 1.54) is 36.8 Å². The average molecular weight is 166 g/mol. The molecule has 0 rings (SSSR count). The van der Waals surface area contributed by atoms with Gasteiger partial charge in [-0.15, -0.1) is 0 Å². The molecule has 0 aliphatic rings. The Morgan fingerprint density at radius 1 is 0.833 bits per heavy atom. The molecule has 0 heterocycles. The second kappa shape index (κ2) is 7.15. The van der Waals surface area contributed by atoms with Crippen LogP contribution in [0.4, 0.5) is 0 Å². The van der Waals surface area contributed by atoms with Gasteiger partial charge >= 0.3 is 0 Å². The Bertz CT molecular complexity index is 141. The molecule has 0 aromatic rings. The van der Waals surface area contributed by atoms with Crippen LogP contribution in [0.1, 0.15) is 53.4 Å². The Kier molecular flexibility index (Phi) is 6.84. The molecule has 0 heteroatoms. The van der Waals surface area contributed by atoms with E-state index in [0.717, 1.165) is 0 Å². The second-order valence-electron chi connectivity index (χ2n) is 3.39. The molecule has 0 unspecified atom stereocenters. The van der Waals surface area contributed by atoms with Gasteiger partial charge in [0.25, 0.3) is 0 Å². The standard InChI is InChI=1S/C12H22/c1-5-11(3)9-7-8-10-12(4)6-2/h9-10H,5-8H2,1-4H3/b11-9+,12-10+. The van der Waals surface area contributed by atoms with Crippen LogP contribution in [0.5, 0.6) is 0 Å². The van der Waals surface area contributed by atoms with Crippen LogP contribution < -0.4 is 0 Å². The third-order valence-electron chi connectivity index (χ3n) is 2.27. The van der Waals surface area contributed by atoms with E-state index in [-0.39, 0.29) is 0 Å². The van der Waals surface area contributed by atoms with Crippen molar-refractivity contribution in [2.75, 3.05) is 0 Å². The molecular formula is C12H22. The number of allylic oxidation sites excluding steroid dienone is 4. The van der Waals surface area contributed by atoms with E-state index in [4.69, 9.17) is 0 Å². The maximum absolute atomic E-state index is 2.35. The van der Waals surface area contributed by atoms with Gasteiger partial charge in [-0.05, 0) is 39.5 Å². The smallest absolute Gasteiger partial charge is 0.0313 e. The van der Waals surface area contributed by atoms with Crippen molar-refractivity contribution >= 4 is 0 Å². The molecule has 0 spiro atoms. The maximum atomic E-state index is 2.35. The number of rotatable bonds is 5. The van der Waals surface area contributed by atoms with Crippen LogP contribution in [-0.2, 0) is 0 Å². The van der Waals surface area contributed by atoms with Crippen molar-refractivity contribution < 1.29 is 0 Å². The third-order valence-corrected chi connectivity index (χ3v) is 2.27. The molecule has 0 aromatic heterocycles. The average Bonchev–Trinajstić information content (AvgIpc) is 2.11. The Hall–Kier alpha value is -0.520. The highest BCUT2D eigenvalue weighted by Crippen LogP contribution is 2.05. The summed E-state index contributed by atoms with van der Waals surface area (Å²) in [5.41, 5.74) is 3.02. The third kappa shape index (κ3) is 6.21.